The molecule has 0 bridgehead atoms. The van der Waals surface area contributed by atoms with Gasteiger partial charge >= 0.3 is 6.09 Å². The third kappa shape index (κ3) is 3.24. The third-order valence-corrected chi connectivity index (χ3v) is 3.10. The molecule has 1 heterocycles. The molecule has 0 atom stereocenters. The van der Waals surface area contributed by atoms with Gasteiger partial charge in [0.05, 0.1) is 11.4 Å². The molecule has 94 valence electrons. The van der Waals surface area contributed by atoms with E-state index in [1.54, 1.807) is 12.1 Å². The van der Waals surface area contributed by atoms with Crippen molar-refractivity contribution in [1.82, 2.24) is 10.6 Å². The van der Waals surface area contributed by atoms with Gasteiger partial charge in [-0.25, -0.2) is 9.79 Å². The van der Waals surface area contributed by atoms with Crippen LogP contribution in [0.2, 0.25) is 0 Å². The number of benzene rings is 1. The van der Waals surface area contributed by atoms with Crippen molar-refractivity contribution in [3.8, 4) is 0 Å². The Bertz CT molecular complexity index is 516. The molecule has 1 fully saturated rings. The van der Waals surface area contributed by atoms with Gasteiger partial charge in [0.2, 0.25) is 5.91 Å². The summed E-state index contributed by atoms with van der Waals surface area (Å²) in [4.78, 5) is 25.8. The second-order valence-electron chi connectivity index (χ2n) is 3.54. The van der Waals surface area contributed by atoms with E-state index in [9.17, 15) is 9.59 Å². The lowest BCUT2D eigenvalue weighted by molar-refractivity contribution is -0.116. The number of nitrogens with one attached hydrogen (secondary N) is 2. The van der Waals surface area contributed by atoms with Crippen molar-refractivity contribution in [2.45, 2.75) is 6.54 Å². The minimum absolute atomic E-state index is 0.0695. The highest BCUT2D eigenvalue weighted by atomic mass is 32.2. The zero-order valence-corrected chi connectivity index (χ0v) is 10.2. The van der Waals surface area contributed by atoms with E-state index in [4.69, 9.17) is 5.11 Å². The lowest BCUT2D eigenvalue weighted by Gasteiger charge is -2.05. The number of carboxylic acid groups (broad SMARTS) is 1. The molecular weight excluding hydrogens is 254 g/mol. The highest BCUT2D eigenvalue weighted by Crippen LogP contribution is 2.21. The van der Waals surface area contributed by atoms with Crippen LogP contribution in [0.15, 0.2) is 29.3 Å². The van der Waals surface area contributed by atoms with Crippen LogP contribution in [-0.4, -0.2) is 28.0 Å². The molecule has 0 radical (unpaired) electrons. The Morgan fingerprint density at radius 2 is 2.28 bits per heavy atom. The number of carbonyl (C=O) groups excluding carboxylic acids is 1. The van der Waals surface area contributed by atoms with Gasteiger partial charge in [-0.15, -0.1) is 0 Å². The molecule has 1 aliphatic heterocycles. The van der Waals surface area contributed by atoms with E-state index < -0.39 is 6.09 Å². The number of aliphatic imine (C=N–C) groups is 1. The van der Waals surface area contributed by atoms with Crippen LogP contribution in [-0.2, 0) is 11.3 Å². The van der Waals surface area contributed by atoms with E-state index in [2.05, 4.69) is 15.6 Å². The van der Waals surface area contributed by atoms with Gasteiger partial charge in [0.25, 0.3) is 0 Å². The standard InChI is InChI=1S/C11H11N3O3S/c15-9-6-18-10(14-9)13-8-4-2-1-3-7(8)5-12-11(16)17/h1-4,12H,5-6H2,(H,16,17)(H,13,14,15). The van der Waals surface area contributed by atoms with Gasteiger partial charge in [-0.3, -0.25) is 4.79 Å². The van der Waals surface area contributed by atoms with Gasteiger partial charge < -0.3 is 15.7 Å². The summed E-state index contributed by atoms with van der Waals surface area (Å²) in [6.45, 7) is 0.181. The molecule has 7 heteroatoms. The van der Waals surface area contributed by atoms with Crippen LogP contribution in [0.1, 0.15) is 5.56 Å². The SMILES string of the molecule is O=C(O)NCc1ccccc1N=C1NC(=O)CS1. The fraction of sp³-hybridized carbons (Fsp3) is 0.182. The second kappa shape index (κ2) is 5.54. The van der Waals surface area contributed by atoms with Crippen molar-refractivity contribution in [3.05, 3.63) is 29.8 Å². The van der Waals surface area contributed by atoms with Gasteiger partial charge in [0, 0.05) is 6.54 Å². The van der Waals surface area contributed by atoms with Gasteiger partial charge in [-0.05, 0) is 11.6 Å². The summed E-state index contributed by atoms with van der Waals surface area (Å²) in [7, 11) is 0. The maximum Gasteiger partial charge on any atom is 0.404 e. The van der Waals surface area contributed by atoms with Crippen LogP contribution in [0.25, 0.3) is 0 Å². The molecule has 0 unspecified atom stereocenters. The number of hydrogen-bond acceptors (Lipinski definition) is 4. The van der Waals surface area contributed by atoms with Crippen LogP contribution in [0, 0.1) is 0 Å². The number of carbonyl (C=O) groups is 2. The normalized spacial score (nSPS) is 16.7. The van der Waals surface area contributed by atoms with E-state index in [-0.39, 0.29) is 12.5 Å². The molecule has 2 rings (SSSR count). The van der Waals surface area contributed by atoms with Crippen molar-refractivity contribution in [3.63, 3.8) is 0 Å². The predicted molar refractivity (Wildman–Crippen MR) is 69.0 cm³/mol. The highest BCUT2D eigenvalue weighted by molar-refractivity contribution is 8.15. The molecule has 2 amide bonds. The Morgan fingerprint density at radius 1 is 1.50 bits per heavy atom. The lowest BCUT2D eigenvalue weighted by Crippen LogP contribution is -2.21. The Morgan fingerprint density at radius 3 is 2.94 bits per heavy atom. The molecule has 0 aliphatic carbocycles. The van der Waals surface area contributed by atoms with Crippen molar-refractivity contribution in [2.75, 3.05) is 5.75 Å². The third-order valence-electron chi connectivity index (χ3n) is 2.23. The quantitative estimate of drug-likeness (QED) is 0.768. The zero-order valence-electron chi connectivity index (χ0n) is 9.34. The summed E-state index contributed by atoms with van der Waals surface area (Å²) in [5, 5.41) is 14.0. The molecule has 18 heavy (non-hydrogen) atoms. The van der Waals surface area contributed by atoms with E-state index in [1.807, 2.05) is 12.1 Å². The van der Waals surface area contributed by atoms with Crippen molar-refractivity contribution >= 4 is 34.6 Å². The first-order valence-corrected chi connectivity index (χ1v) is 6.20. The maximum atomic E-state index is 11.0. The smallest absolute Gasteiger partial charge is 0.404 e. The Kier molecular flexibility index (Phi) is 3.83. The Hall–Kier alpha value is -2.02. The van der Waals surface area contributed by atoms with E-state index in [0.29, 0.717) is 16.6 Å². The van der Waals surface area contributed by atoms with Gasteiger partial charge in [-0.1, -0.05) is 30.0 Å². The number of amidine groups is 1. The molecule has 1 saturated heterocycles. The monoisotopic (exact) mass is 265 g/mol. The topological polar surface area (TPSA) is 90.8 Å². The van der Waals surface area contributed by atoms with Gasteiger partial charge in [0.1, 0.15) is 0 Å². The largest absolute Gasteiger partial charge is 0.465 e. The van der Waals surface area contributed by atoms with Crippen LogP contribution in [0.4, 0.5) is 10.5 Å². The van der Waals surface area contributed by atoms with Crippen molar-refractivity contribution in [1.29, 1.82) is 0 Å². The maximum absolute atomic E-state index is 11.0. The molecule has 0 spiro atoms. The molecule has 0 saturated carbocycles. The fourth-order valence-electron chi connectivity index (χ4n) is 1.44. The van der Waals surface area contributed by atoms with Crippen molar-refractivity contribution < 1.29 is 14.7 Å². The summed E-state index contributed by atoms with van der Waals surface area (Å²) in [5.41, 5.74) is 1.41. The van der Waals surface area contributed by atoms with Crippen LogP contribution in [0.5, 0.6) is 0 Å². The fourth-order valence-corrected chi connectivity index (χ4v) is 2.12. The molecule has 6 nitrogen and oxygen atoms in total. The molecular formula is C11H11N3O3S. The number of rotatable bonds is 3. The molecule has 1 aliphatic rings. The average molecular weight is 265 g/mol. The molecule has 3 N–H and O–H groups in total. The summed E-state index contributed by atoms with van der Waals surface area (Å²) >= 11 is 1.33. The average Bonchev–Trinajstić information content (AvgIpc) is 2.73. The first-order chi connectivity index (χ1) is 8.65. The molecule has 1 aromatic rings. The summed E-state index contributed by atoms with van der Waals surface area (Å²) < 4.78 is 0. The Balaban J connectivity index is 2.17. The van der Waals surface area contributed by atoms with Crippen molar-refractivity contribution in [2.24, 2.45) is 4.99 Å². The van der Waals surface area contributed by atoms with Crippen LogP contribution in [0.3, 0.4) is 0 Å². The number of para-hydroxylation sites is 1. The summed E-state index contributed by atoms with van der Waals surface area (Å²) in [6.07, 6.45) is -1.08. The van der Waals surface area contributed by atoms with Gasteiger partial charge in [0.15, 0.2) is 5.17 Å². The van der Waals surface area contributed by atoms with E-state index >= 15 is 0 Å². The number of thioether (sulfide) groups is 1. The number of amides is 2. The van der Waals surface area contributed by atoms with Crippen LogP contribution < -0.4 is 10.6 Å². The number of hydrogen-bond donors (Lipinski definition) is 3. The Labute approximate surface area is 107 Å². The minimum Gasteiger partial charge on any atom is -0.465 e. The highest BCUT2D eigenvalue weighted by Gasteiger charge is 2.16. The van der Waals surface area contributed by atoms with Crippen LogP contribution >= 0.6 is 11.8 Å². The number of nitrogens with zero attached hydrogens (tertiary/aromatic N) is 1. The minimum atomic E-state index is -1.08. The first kappa shape index (κ1) is 12.4. The summed E-state index contributed by atoms with van der Waals surface area (Å²) in [6, 6.07) is 7.18. The van der Waals surface area contributed by atoms with E-state index in [1.165, 1.54) is 11.8 Å². The van der Waals surface area contributed by atoms with E-state index in [0.717, 1.165) is 5.56 Å². The molecule has 1 aromatic carbocycles. The first-order valence-electron chi connectivity index (χ1n) is 5.21. The van der Waals surface area contributed by atoms with Gasteiger partial charge in [-0.2, -0.15) is 0 Å². The lowest BCUT2D eigenvalue weighted by atomic mass is 10.2. The molecule has 0 aromatic heterocycles. The zero-order chi connectivity index (χ0) is 13.0. The predicted octanol–water partition coefficient (Wildman–Crippen LogP) is 1.30. The summed E-state index contributed by atoms with van der Waals surface area (Å²) in [5.74, 6) is 0.300. The second-order valence-corrected chi connectivity index (χ2v) is 4.51.